The lowest BCUT2D eigenvalue weighted by molar-refractivity contribution is -0.137. The Hall–Kier alpha value is -2.10. The molecule has 162 valence electrons. The van der Waals surface area contributed by atoms with Gasteiger partial charge in [0.1, 0.15) is 0 Å². The van der Waals surface area contributed by atoms with Crippen molar-refractivity contribution in [2.45, 2.75) is 30.8 Å². The molecule has 0 aromatic heterocycles. The Balaban J connectivity index is 1.74. The SMILES string of the molecule is Cc1ccc(S(=O)(=O)N2CCC[C@H](C(=O)Nc3ccc(Cl)c(C(F)(F)F)c3)C2)cc1. The Morgan fingerprint density at radius 2 is 1.83 bits per heavy atom. The molecule has 2 aromatic rings. The van der Waals surface area contributed by atoms with Gasteiger partial charge in [0.2, 0.25) is 15.9 Å². The average molecular weight is 461 g/mol. The lowest BCUT2D eigenvalue weighted by Crippen LogP contribution is -2.43. The van der Waals surface area contributed by atoms with Gasteiger partial charge in [0, 0.05) is 18.8 Å². The van der Waals surface area contributed by atoms with Crippen molar-refractivity contribution in [3.05, 3.63) is 58.6 Å². The van der Waals surface area contributed by atoms with Crippen LogP contribution in [0.2, 0.25) is 5.02 Å². The molecule has 0 radical (unpaired) electrons. The third kappa shape index (κ3) is 4.96. The van der Waals surface area contributed by atoms with Crippen LogP contribution in [0.1, 0.15) is 24.0 Å². The summed E-state index contributed by atoms with van der Waals surface area (Å²) in [6.07, 6.45) is -3.75. The predicted molar refractivity (Wildman–Crippen MR) is 108 cm³/mol. The van der Waals surface area contributed by atoms with Crippen LogP contribution >= 0.6 is 11.6 Å². The number of benzene rings is 2. The van der Waals surface area contributed by atoms with Crippen LogP contribution in [0.25, 0.3) is 0 Å². The fraction of sp³-hybridized carbons (Fsp3) is 0.350. The first-order chi connectivity index (χ1) is 14.0. The zero-order valence-corrected chi connectivity index (χ0v) is 17.6. The monoisotopic (exact) mass is 460 g/mol. The standard InChI is InChI=1S/C20H20ClF3N2O3S/c1-13-4-7-16(8-5-13)30(28,29)26-10-2-3-14(12-26)19(27)25-15-6-9-18(21)17(11-15)20(22,23)24/h4-9,11,14H,2-3,10,12H2,1H3,(H,25,27)/t14-/m0/s1. The molecule has 0 aliphatic carbocycles. The number of aryl methyl sites for hydroxylation is 1. The van der Waals surface area contributed by atoms with Crippen molar-refractivity contribution in [3.63, 3.8) is 0 Å². The molecule has 1 fully saturated rings. The molecule has 1 aliphatic rings. The summed E-state index contributed by atoms with van der Waals surface area (Å²) in [7, 11) is -3.76. The van der Waals surface area contributed by atoms with Gasteiger partial charge in [-0.1, -0.05) is 29.3 Å². The summed E-state index contributed by atoms with van der Waals surface area (Å²) >= 11 is 5.60. The number of carbonyl (C=O) groups is 1. The number of nitrogens with zero attached hydrogens (tertiary/aromatic N) is 1. The smallest absolute Gasteiger partial charge is 0.326 e. The van der Waals surface area contributed by atoms with Crippen molar-refractivity contribution >= 4 is 33.2 Å². The number of anilines is 1. The summed E-state index contributed by atoms with van der Waals surface area (Å²) in [5.41, 5.74) is -0.171. The highest BCUT2D eigenvalue weighted by Crippen LogP contribution is 2.36. The van der Waals surface area contributed by atoms with Gasteiger partial charge in [0.25, 0.3) is 0 Å². The van der Waals surface area contributed by atoms with Crippen LogP contribution in [-0.4, -0.2) is 31.7 Å². The Labute approximate surface area is 177 Å². The molecule has 1 atom stereocenters. The molecule has 30 heavy (non-hydrogen) atoms. The van der Waals surface area contributed by atoms with Gasteiger partial charge in [-0.25, -0.2) is 8.42 Å². The molecule has 0 saturated carbocycles. The lowest BCUT2D eigenvalue weighted by atomic mass is 9.98. The van der Waals surface area contributed by atoms with E-state index in [1.807, 2.05) is 6.92 Å². The van der Waals surface area contributed by atoms with Gasteiger partial charge >= 0.3 is 6.18 Å². The molecule has 1 saturated heterocycles. The first-order valence-electron chi connectivity index (χ1n) is 9.23. The topological polar surface area (TPSA) is 66.5 Å². The minimum Gasteiger partial charge on any atom is -0.326 e. The van der Waals surface area contributed by atoms with Gasteiger partial charge in [-0.2, -0.15) is 17.5 Å². The van der Waals surface area contributed by atoms with E-state index in [2.05, 4.69) is 5.32 Å². The van der Waals surface area contributed by atoms with Crippen molar-refractivity contribution in [3.8, 4) is 0 Å². The second kappa shape index (κ2) is 8.56. The number of halogens is 4. The number of hydrogen-bond acceptors (Lipinski definition) is 3. The number of piperidine rings is 1. The molecule has 1 amide bonds. The molecule has 5 nitrogen and oxygen atoms in total. The minimum atomic E-state index is -4.65. The first kappa shape index (κ1) is 22.6. The molecule has 3 rings (SSSR count). The molecular formula is C20H20ClF3N2O3S. The normalized spacial score (nSPS) is 18.2. The fourth-order valence-corrected chi connectivity index (χ4v) is 5.05. The van der Waals surface area contributed by atoms with Crippen molar-refractivity contribution in [2.24, 2.45) is 5.92 Å². The number of alkyl halides is 3. The van der Waals surface area contributed by atoms with E-state index in [0.29, 0.717) is 12.8 Å². The summed E-state index contributed by atoms with van der Waals surface area (Å²) in [4.78, 5) is 12.8. The van der Waals surface area contributed by atoms with Crippen LogP contribution in [0, 0.1) is 12.8 Å². The van der Waals surface area contributed by atoms with E-state index in [4.69, 9.17) is 11.6 Å². The molecule has 1 aliphatic heterocycles. The highest BCUT2D eigenvalue weighted by atomic mass is 35.5. The van der Waals surface area contributed by atoms with Crippen molar-refractivity contribution in [1.82, 2.24) is 4.31 Å². The van der Waals surface area contributed by atoms with Crippen LogP contribution in [0.5, 0.6) is 0 Å². The van der Waals surface area contributed by atoms with Gasteiger partial charge in [-0.15, -0.1) is 0 Å². The molecule has 2 aromatic carbocycles. The van der Waals surface area contributed by atoms with Gasteiger partial charge < -0.3 is 5.32 Å². The maximum atomic E-state index is 13.0. The van der Waals surface area contributed by atoms with Crippen LogP contribution in [-0.2, 0) is 21.0 Å². The van der Waals surface area contributed by atoms with E-state index >= 15 is 0 Å². The molecule has 0 bridgehead atoms. The fourth-order valence-electron chi connectivity index (χ4n) is 3.30. The van der Waals surface area contributed by atoms with Gasteiger partial charge in [0.05, 0.1) is 21.4 Å². The molecule has 1 heterocycles. The summed E-state index contributed by atoms with van der Waals surface area (Å²) in [6, 6.07) is 9.53. The highest BCUT2D eigenvalue weighted by molar-refractivity contribution is 7.89. The van der Waals surface area contributed by atoms with E-state index < -0.39 is 38.6 Å². The minimum absolute atomic E-state index is 0.0399. The van der Waals surface area contributed by atoms with E-state index in [0.717, 1.165) is 17.7 Å². The zero-order chi connectivity index (χ0) is 22.1. The lowest BCUT2D eigenvalue weighted by Gasteiger charge is -2.31. The summed E-state index contributed by atoms with van der Waals surface area (Å²) < 4.78 is 66.0. The number of rotatable bonds is 4. The van der Waals surface area contributed by atoms with Gasteiger partial charge in [0.15, 0.2) is 0 Å². The van der Waals surface area contributed by atoms with Crippen LogP contribution in [0.4, 0.5) is 18.9 Å². The number of hydrogen-bond donors (Lipinski definition) is 1. The highest BCUT2D eigenvalue weighted by Gasteiger charge is 2.35. The Kier molecular flexibility index (Phi) is 6.45. The van der Waals surface area contributed by atoms with E-state index in [1.54, 1.807) is 12.1 Å². The van der Waals surface area contributed by atoms with Crippen LogP contribution < -0.4 is 5.32 Å². The second-order valence-electron chi connectivity index (χ2n) is 7.20. The molecule has 0 unspecified atom stereocenters. The van der Waals surface area contributed by atoms with Gasteiger partial charge in [-0.05, 0) is 50.1 Å². The number of carbonyl (C=O) groups excluding carboxylic acids is 1. The first-order valence-corrected chi connectivity index (χ1v) is 11.0. The van der Waals surface area contributed by atoms with Crippen molar-refractivity contribution in [1.29, 1.82) is 0 Å². The summed E-state index contributed by atoms with van der Waals surface area (Å²) in [6.45, 7) is 2.08. The van der Waals surface area contributed by atoms with Crippen molar-refractivity contribution < 1.29 is 26.4 Å². The van der Waals surface area contributed by atoms with Crippen LogP contribution in [0.15, 0.2) is 47.4 Å². The van der Waals surface area contributed by atoms with E-state index in [-0.39, 0.29) is 23.7 Å². The Morgan fingerprint density at radius 3 is 2.47 bits per heavy atom. The third-order valence-corrected chi connectivity index (χ3v) is 7.16. The average Bonchev–Trinajstić information content (AvgIpc) is 2.69. The second-order valence-corrected chi connectivity index (χ2v) is 9.54. The number of sulfonamides is 1. The Bertz CT molecular complexity index is 1040. The zero-order valence-electron chi connectivity index (χ0n) is 16.0. The van der Waals surface area contributed by atoms with E-state index in [9.17, 15) is 26.4 Å². The predicted octanol–water partition coefficient (Wildman–Crippen LogP) is 4.71. The van der Waals surface area contributed by atoms with E-state index in [1.165, 1.54) is 22.5 Å². The van der Waals surface area contributed by atoms with Crippen LogP contribution in [0.3, 0.4) is 0 Å². The largest absolute Gasteiger partial charge is 0.417 e. The summed E-state index contributed by atoms with van der Waals surface area (Å²) in [5, 5.41) is 1.99. The maximum absolute atomic E-state index is 13.0. The van der Waals surface area contributed by atoms with Crippen molar-refractivity contribution in [2.75, 3.05) is 18.4 Å². The quantitative estimate of drug-likeness (QED) is 0.718. The molecule has 1 N–H and O–H groups in total. The molecule has 10 heteroatoms. The summed E-state index contributed by atoms with van der Waals surface area (Å²) in [5.74, 6) is -1.21. The third-order valence-electron chi connectivity index (χ3n) is 4.95. The Morgan fingerprint density at radius 1 is 1.17 bits per heavy atom. The molecule has 0 spiro atoms. The molecular weight excluding hydrogens is 441 g/mol. The van der Waals surface area contributed by atoms with Gasteiger partial charge in [-0.3, -0.25) is 4.79 Å². The number of nitrogens with one attached hydrogen (secondary N) is 1. The number of amides is 1. The maximum Gasteiger partial charge on any atom is 0.417 e.